The van der Waals surface area contributed by atoms with Crippen molar-refractivity contribution in [2.45, 2.75) is 30.4 Å². The van der Waals surface area contributed by atoms with Crippen molar-refractivity contribution >= 4 is 23.4 Å². The van der Waals surface area contributed by atoms with Crippen molar-refractivity contribution in [3.05, 3.63) is 76.4 Å². The fourth-order valence-corrected chi connectivity index (χ4v) is 3.32. The van der Waals surface area contributed by atoms with Crippen LogP contribution in [0.15, 0.2) is 59.8 Å². The summed E-state index contributed by atoms with van der Waals surface area (Å²) in [5.41, 5.74) is 0.880. The largest absolute Gasteiger partial charge is 0.437 e. The zero-order valence-electron chi connectivity index (χ0n) is 14.8. The molecule has 1 aromatic heterocycles. The average Bonchev–Trinajstić information content (AvgIpc) is 2.67. The standard InChI is InChI=1S/C20H16ClF3N2OS/c1-2-15-11-18(27-17-6-4-3-5-16(17)21)26-19(25-15)28-12-13-7-9-14(10-8-13)20(22,23)24/h3-11H,2,12H2,1H3. The number of ether oxygens (including phenoxy) is 1. The zero-order chi connectivity index (χ0) is 20.1. The molecule has 0 N–H and O–H groups in total. The molecule has 3 aromatic rings. The van der Waals surface area contributed by atoms with Crippen LogP contribution in [0.1, 0.15) is 23.7 Å². The van der Waals surface area contributed by atoms with Crippen LogP contribution in [0.25, 0.3) is 0 Å². The summed E-state index contributed by atoms with van der Waals surface area (Å²) in [6, 6.07) is 13.9. The van der Waals surface area contributed by atoms with Crippen LogP contribution in [-0.4, -0.2) is 9.97 Å². The Hall–Kier alpha value is -2.25. The van der Waals surface area contributed by atoms with E-state index in [9.17, 15) is 13.2 Å². The highest BCUT2D eigenvalue weighted by atomic mass is 35.5. The van der Waals surface area contributed by atoms with Crippen LogP contribution >= 0.6 is 23.4 Å². The van der Waals surface area contributed by atoms with Gasteiger partial charge in [0.1, 0.15) is 5.75 Å². The number of hydrogen-bond acceptors (Lipinski definition) is 4. The number of halogens is 4. The Bertz CT molecular complexity index is 949. The third-order valence-electron chi connectivity index (χ3n) is 3.80. The first-order chi connectivity index (χ1) is 13.3. The second-order valence-electron chi connectivity index (χ2n) is 5.85. The molecular weight excluding hydrogens is 409 g/mol. The number of para-hydroxylation sites is 1. The predicted octanol–water partition coefficient (Wildman–Crippen LogP) is 6.80. The third kappa shape index (κ3) is 5.39. The van der Waals surface area contributed by atoms with E-state index in [1.54, 1.807) is 24.3 Å². The predicted molar refractivity (Wildman–Crippen MR) is 104 cm³/mol. The lowest BCUT2D eigenvalue weighted by Gasteiger charge is -2.10. The third-order valence-corrected chi connectivity index (χ3v) is 5.03. The normalized spacial score (nSPS) is 11.5. The average molecular weight is 425 g/mol. The van der Waals surface area contributed by atoms with Gasteiger partial charge in [0.05, 0.1) is 10.6 Å². The van der Waals surface area contributed by atoms with Crippen LogP contribution in [-0.2, 0) is 18.3 Å². The number of aromatic nitrogens is 2. The van der Waals surface area contributed by atoms with Crippen LogP contribution < -0.4 is 4.74 Å². The minimum absolute atomic E-state index is 0.370. The first kappa shape index (κ1) is 20.5. The molecule has 3 nitrogen and oxygen atoms in total. The molecule has 0 fully saturated rings. The molecule has 0 unspecified atom stereocenters. The fraction of sp³-hybridized carbons (Fsp3) is 0.200. The summed E-state index contributed by atoms with van der Waals surface area (Å²) in [6.45, 7) is 1.96. The maximum Gasteiger partial charge on any atom is 0.416 e. The molecule has 0 atom stereocenters. The summed E-state index contributed by atoms with van der Waals surface area (Å²) in [4.78, 5) is 8.83. The molecule has 0 radical (unpaired) electrons. The first-order valence-corrected chi connectivity index (χ1v) is 9.81. The summed E-state index contributed by atoms with van der Waals surface area (Å²) in [6.07, 6.45) is -3.65. The van der Waals surface area contributed by atoms with Gasteiger partial charge in [0.15, 0.2) is 5.16 Å². The van der Waals surface area contributed by atoms with Crippen molar-refractivity contribution in [1.82, 2.24) is 9.97 Å². The summed E-state index contributed by atoms with van der Waals surface area (Å²) in [5.74, 6) is 1.30. The summed E-state index contributed by atoms with van der Waals surface area (Å²) in [7, 11) is 0. The van der Waals surface area contributed by atoms with E-state index in [0.717, 1.165) is 23.4 Å². The number of alkyl halides is 3. The van der Waals surface area contributed by atoms with E-state index in [1.807, 2.05) is 13.0 Å². The van der Waals surface area contributed by atoms with E-state index >= 15 is 0 Å². The van der Waals surface area contributed by atoms with Crippen molar-refractivity contribution in [2.75, 3.05) is 0 Å². The van der Waals surface area contributed by atoms with E-state index in [4.69, 9.17) is 16.3 Å². The van der Waals surface area contributed by atoms with Crippen molar-refractivity contribution in [3.8, 4) is 11.6 Å². The van der Waals surface area contributed by atoms with Crippen molar-refractivity contribution in [2.24, 2.45) is 0 Å². The lowest BCUT2D eigenvalue weighted by molar-refractivity contribution is -0.137. The number of benzene rings is 2. The molecule has 0 aliphatic heterocycles. The quantitative estimate of drug-likeness (QED) is 0.322. The Morgan fingerprint density at radius 1 is 1.04 bits per heavy atom. The molecule has 3 rings (SSSR count). The van der Waals surface area contributed by atoms with Crippen molar-refractivity contribution in [1.29, 1.82) is 0 Å². The first-order valence-electron chi connectivity index (χ1n) is 8.44. The van der Waals surface area contributed by atoms with Gasteiger partial charge >= 0.3 is 6.18 Å². The molecule has 0 aliphatic rings. The lowest BCUT2D eigenvalue weighted by atomic mass is 10.1. The fourth-order valence-electron chi connectivity index (χ4n) is 2.33. The summed E-state index contributed by atoms with van der Waals surface area (Å²) < 4.78 is 43.7. The van der Waals surface area contributed by atoms with Gasteiger partial charge in [-0.2, -0.15) is 18.2 Å². The van der Waals surface area contributed by atoms with Crippen LogP contribution in [0.5, 0.6) is 11.6 Å². The van der Waals surface area contributed by atoms with Gasteiger partial charge in [0.2, 0.25) is 5.88 Å². The summed E-state index contributed by atoms with van der Waals surface area (Å²) in [5, 5.41) is 0.958. The van der Waals surface area contributed by atoms with Crippen LogP contribution in [0.3, 0.4) is 0 Å². The molecule has 0 bridgehead atoms. The monoisotopic (exact) mass is 424 g/mol. The number of aryl methyl sites for hydroxylation is 1. The smallest absolute Gasteiger partial charge is 0.416 e. The van der Waals surface area contributed by atoms with Gasteiger partial charge < -0.3 is 4.74 Å². The van der Waals surface area contributed by atoms with Gasteiger partial charge in [-0.05, 0) is 36.2 Å². The molecule has 0 amide bonds. The van der Waals surface area contributed by atoms with Gasteiger partial charge in [-0.1, -0.05) is 54.6 Å². The molecule has 2 aromatic carbocycles. The van der Waals surface area contributed by atoms with E-state index in [-0.39, 0.29) is 0 Å². The molecule has 0 aliphatic carbocycles. The van der Waals surface area contributed by atoms with E-state index in [1.165, 1.54) is 23.9 Å². The Morgan fingerprint density at radius 2 is 1.75 bits per heavy atom. The van der Waals surface area contributed by atoms with Crippen molar-refractivity contribution in [3.63, 3.8) is 0 Å². The second kappa shape index (κ2) is 8.84. The number of thioether (sulfide) groups is 1. The summed E-state index contributed by atoms with van der Waals surface area (Å²) >= 11 is 7.45. The van der Waals surface area contributed by atoms with Crippen LogP contribution in [0.4, 0.5) is 13.2 Å². The maximum atomic E-state index is 12.7. The maximum absolute atomic E-state index is 12.7. The van der Waals surface area contributed by atoms with E-state index < -0.39 is 11.7 Å². The molecule has 28 heavy (non-hydrogen) atoms. The highest BCUT2D eigenvalue weighted by Crippen LogP contribution is 2.31. The molecule has 1 heterocycles. The number of nitrogens with zero attached hydrogens (tertiary/aromatic N) is 2. The van der Waals surface area contributed by atoms with E-state index in [0.29, 0.717) is 34.0 Å². The van der Waals surface area contributed by atoms with Gasteiger partial charge in [-0.3, -0.25) is 0 Å². The number of rotatable bonds is 6. The Balaban J connectivity index is 1.74. The zero-order valence-corrected chi connectivity index (χ0v) is 16.4. The van der Waals surface area contributed by atoms with Crippen LogP contribution in [0.2, 0.25) is 5.02 Å². The van der Waals surface area contributed by atoms with Gasteiger partial charge in [-0.15, -0.1) is 0 Å². The Kier molecular flexibility index (Phi) is 6.46. The topological polar surface area (TPSA) is 35.0 Å². The molecular formula is C20H16ClF3N2OS. The van der Waals surface area contributed by atoms with E-state index in [2.05, 4.69) is 9.97 Å². The minimum Gasteiger partial charge on any atom is -0.437 e. The molecule has 8 heteroatoms. The van der Waals surface area contributed by atoms with Gasteiger partial charge in [0, 0.05) is 17.5 Å². The molecule has 0 saturated heterocycles. The Morgan fingerprint density at radius 3 is 2.39 bits per heavy atom. The minimum atomic E-state index is -4.34. The SMILES string of the molecule is CCc1cc(Oc2ccccc2Cl)nc(SCc2ccc(C(F)(F)F)cc2)n1. The highest BCUT2D eigenvalue weighted by molar-refractivity contribution is 7.98. The van der Waals surface area contributed by atoms with Gasteiger partial charge in [0.25, 0.3) is 0 Å². The molecule has 146 valence electrons. The molecule has 0 saturated carbocycles. The molecule has 0 spiro atoms. The Labute approximate surface area is 169 Å². The van der Waals surface area contributed by atoms with Crippen molar-refractivity contribution < 1.29 is 17.9 Å². The highest BCUT2D eigenvalue weighted by Gasteiger charge is 2.29. The van der Waals surface area contributed by atoms with Gasteiger partial charge in [-0.25, -0.2) is 4.98 Å². The second-order valence-corrected chi connectivity index (χ2v) is 7.20. The lowest BCUT2D eigenvalue weighted by Crippen LogP contribution is -2.04. The van der Waals surface area contributed by atoms with Crippen LogP contribution in [0, 0.1) is 0 Å². The number of hydrogen-bond donors (Lipinski definition) is 0.